The summed E-state index contributed by atoms with van der Waals surface area (Å²) in [6.45, 7) is 8.10. The fourth-order valence-corrected chi connectivity index (χ4v) is 3.88. The van der Waals surface area contributed by atoms with Gasteiger partial charge in [-0.05, 0) is 73.9 Å². The van der Waals surface area contributed by atoms with E-state index in [1.807, 2.05) is 18.2 Å². The van der Waals surface area contributed by atoms with E-state index in [-0.39, 0.29) is 0 Å². The summed E-state index contributed by atoms with van der Waals surface area (Å²) in [5.74, 6) is 1.52. The molecule has 3 heteroatoms. The Hall–Kier alpha value is -1.77. The lowest BCUT2D eigenvalue weighted by atomic mass is 9.82. The van der Waals surface area contributed by atoms with Crippen LogP contribution in [0.4, 0.5) is 0 Å². The second-order valence-electron chi connectivity index (χ2n) is 7.31. The molecule has 0 saturated heterocycles. The van der Waals surface area contributed by atoms with E-state index in [0.29, 0.717) is 12.0 Å². The van der Waals surface area contributed by atoms with Crippen molar-refractivity contribution in [3.63, 3.8) is 0 Å². The quantitative estimate of drug-likeness (QED) is 0.610. The number of nitrogens with one attached hydrogen (secondary N) is 1. The van der Waals surface area contributed by atoms with Gasteiger partial charge < -0.3 is 10.1 Å². The van der Waals surface area contributed by atoms with Gasteiger partial charge >= 0.3 is 0 Å². The Morgan fingerprint density at radius 2 is 2.04 bits per heavy atom. The Morgan fingerprint density at radius 3 is 2.85 bits per heavy atom. The minimum absolute atomic E-state index is 0.292. The number of ether oxygens (including phenoxy) is 1. The van der Waals surface area contributed by atoms with Crippen LogP contribution in [0.3, 0.4) is 0 Å². The van der Waals surface area contributed by atoms with Gasteiger partial charge in [0.05, 0.1) is 6.10 Å². The lowest BCUT2D eigenvalue weighted by Crippen LogP contribution is -2.29. The molecule has 0 amide bonds. The summed E-state index contributed by atoms with van der Waals surface area (Å²) in [4.78, 5) is 0. The SMILES string of the molecule is C=C(CNCc1cccc(Cl)c1)[C@H]1CCC[C@@H](Oc2cccc(C)c2)C1. The van der Waals surface area contributed by atoms with Gasteiger partial charge in [0.1, 0.15) is 5.75 Å². The first-order chi connectivity index (χ1) is 12.6. The van der Waals surface area contributed by atoms with E-state index in [4.69, 9.17) is 16.3 Å². The van der Waals surface area contributed by atoms with Crippen LogP contribution < -0.4 is 10.1 Å². The molecule has 0 spiro atoms. The number of halogens is 1. The molecule has 1 saturated carbocycles. The molecule has 2 atom stereocenters. The highest BCUT2D eigenvalue weighted by Crippen LogP contribution is 2.31. The maximum Gasteiger partial charge on any atom is 0.119 e. The van der Waals surface area contributed by atoms with Crippen molar-refractivity contribution in [1.82, 2.24) is 5.32 Å². The second kappa shape index (κ2) is 9.25. The van der Waals surface area contributed by atoms with Crippen molar-refractivity contribution < 1.29 is 4.74 Å². The Morgan fingerprint density at radius 1 is 1.19 bits per heavy atom. The van der Waals surface area contributed by atoms with Crippen LogP contribution in [0.2, 0.25) is 5.02 Å². The lowest BCUT2D eigenvalue weighted by molar-refractivity contribution is 0.133. The zero-order valence-corrected chi connectivity index (χ0v) is 16.3. The van der Waals surface area contributed by atoms with Gasteiger partial charge in [0.25, 0.3) is 0 Å². The standard InChI is InChI=1S/C23H28ClNO/c1-17-6-3-10-22(12-17)26-23-11-5-8-20(14-23)18(2)15-25-16-19-7-4-9-21(24)13-19/h3-4,6-7,9-10,12-13,20,23,25H,2,5,8,11,14-16H2,1H3/t20-,23+/m0/s1. The molecule has 0 bridgehead atoms. The zero-order chi connectivity index (χ0) is 18.4. The molecular weight excluding hydrogens is 342 g/mol. The van der Waals surface area contributed by atoms with Crippen LogP contribution in [0.5, 0.6) is 5.75 Å². The molecule has 2 aromatic carbocycles. The normalized spacial score (nSPS) is 19.9. The molecule has 0 radical (unpaired) electrons. The molecule has 1 fully saturated rings. The molecule has 1 aliphatic rings. The third-order valence-corrected chi connectivity index (χ3v) is 5.30. The van der Waals surface area contributed by atoms with Crippen molar-refractivity contribution >= 4 is 11.6 Å². The summed E-state index contributed by atoms with van der Waals surface area (Å²) in [6, 6.07) is 16.3. The van der Waals surface area contributed by atoms with Crippen molar-refractivity contribution in [3.8, 4) is 5.75 Å². The van der Waals surface area contributed by atoms with Crippen LogP contribution in [-0.4, -0.2) is 12.6 Å². The Labute approximate surface area is 162 Å². The van der Waals surface area contributed by atoms with E-state index in [9.17, 15) is 0 Å². The van der Waals surface area contributed by atoms with Crippen LogP contribution in [0.25, 0.3) is 0 Å². The highest BCUT2D eigenvalue weighted by molar-refractivity contribution is 6.30. The molecule has 0 aromatic heterocycles. The summed E-state index contributed by atoms with van der Waals surface area (Å²) in [5, 5.41) is 4.28. The molecule has 2 aromatic rings. The molecular formula is C23H28ClNO. The lowest BCUT2D eigenvalue weighted by Gasteiger charge is -2.31. The van der Waals surface area contributed by atoms with Gasteiger partial charge in [-0.3, -0.25) is 0 Å². The third kappa shape index (κ3) is 5.62. The van der Waals surface area contributed by atoms with E-state index >= 15 is 0 Å². The first-order valence-electron chi connectivity index (χ1n) is 9.46. The second-order valence-corrected chi connectivity index (χ2v) is 7.75. The average Bonchev–Trinajstić information content (AvgIpc) is 2.62. The summed E-state index contributed by atoms with van der Waals surface area (Å²) < 4.78 is 6.23. The van der Waals surface area contributed by atoms with Gasteiger partial charge in [-0.25, -0.2) is 0 Å². The van der Waals surface area contributed by atoms with E-state index < -0.39 is 0 Å². The number of benzene rings is 2. The fourth-order valence-electron chi connectivity index (χ4n) is 3.66. The predicted octanol–water partition coefficient (Wildman–Crippen LogP) is 5.93. The number of hydrogen-bond donors (Lipinski definition) is 1. The van der Waals surface area contributed by atoms with Gasteiger partial charge in [0, 0.05) is 18.1 Å². The molecule has 3 rings (SSSR count). The maximum absolute atomic E-state index is 6.23. The Bertz CT molecular complexity index is 742. The monoisotopic (exact) mass is 369 g/mol. The van der Waals surface area contributed by atoms with Crippen LogP contribution in [0.15, 0.2) is 60.7 Å². The highest BCUT2D eigenvalue weighted by atomic mass is 35.5. The van der Waals surface area contributed by atoms with Crippen LogP contribution in [0.1, 0.15) is 36.8 Å². The van der Waals surface area contributed by atoms with Crippen molar-refractivity contribution in [3.05, 3.63) is 76.8 Å². The molecule has 1 aliphatic carbocycles. The van der Waals surface area contributed by atoms with Gasteiger partial charge in [0.2, 0.25) is 0 Å². The fraction of sp³-hybridized carbons (Fsp3) is 0.391. The first kappa shape index (κ1) is 19.0. The maximum atomic E-state index is 6.23. The molecule has 2 nitrogen and oxygen atoms in total. The summed E-state index contributed by atoms with van der Waals surface area (Å²) >= 11 is 6.04. The Balaban J connectivity index is 1.46. The minimum Gasteiger partial charge on any atom is -0.490 e. The largest absolute Gasteiger partial charge is 0.490 e. The van der Waals surface area contributed by atoms with Gasteiger partial charge in [-0.2, -0.15) is 0 Å². The van der Waals surface area contributed by atoms with Crippen LogP contribution >= 0.6 is 11.6 Å². The van der Waals surface area contributed by atoms with Crippen LogP contribution in [-0.2, 0) is 6.54 Å². The molecule has 0 heterocycles. The topological polar surface area (TPSA) is 21.3 Å². The summed E-state index contributed by atoms with van der Waals surface area (Å²) in [7, 11) is 0. The van der Waals surface area contributed by atoms with Crippen molar-refractivity contribution in [2.45, 2.75) is 45.3 Å². The predicted molar refractivity (Wildman–Crippen MR) is 110 cm³/mol. The van der Waals surface area contributed by atoms with E-state index in [2.05, 4.69) is 49.2 Å². The molecule has 1 N–H and O–H groups in total. The van der Waals surface area contributed by atoms with E-state index in [0.717, 1.165) is 36.7 Å². The summed E-state index contributed by atoms with van der Waals surface area (Å²) in [6.07, 6.45) is 4.90. The first-order valence-corrected chi connectivity index (χ1v) is 9.84. The number of rotatable bonds is 7. The average molecular weight is 370 g/mol. The van der Waals surface area contributed by atoms with E-state index in [1.54, 1.807) is 0 Å². The van der Waals surface area contributed by atoms with Crippen molar-refractivity contribution in [2.75, 3.05) is 6.54 Å². The Kier molecular flexibility index (Phi) is 6.76. The van der Waals surface area contributed by atoms with Crippen molar-refractivity contribution in [2.24, 2.45) is 5.92 Å². The van der Waals surface area contributed by atoms with Crippen LogP contribution in [0, 0.1) is 12.8 Å². The van der Waals surface area contributed by atoms with Gasteiger partial charge in [-0.15, -0.1) is 0 Å². The van der Waals surface area contributed by atoms with Gasteiger partial charge in [0.15, 0.2) is 0 Å². The third-order valence-electron chi connectivity index (χ3n) is 5.07. The number of aryl methyl sites for hydroxylation is 1. The highest BCUT2D eigenvalue weighted by Gasteiger charge is 2.25. The molecule has 138 valence electrons. The minimum atomic E-state index is 0.292. The summed E-state index contributed by atoms with van der Waals surface area (Å²) in [5.41, 5.74) is 3.73. The van der Waals surface area contributed by atoms with Gasteiger partial charge in [-0.1, -0.05) is 48.0 Å². The smallest absolute Gasteiger partial charge is 0.119 e. The van der Waals surface area contributed by atoms with E-state index in [1.165, 1.54) is 29.5 Å². The molecule has 26 heavy (non-hydrogen) atoms. The zero-order valence-electron chi connectivity index (χ0n) is 15.5. The molecule has 0 aliphatic heterocycles. The van der Waals surface area contributed by atoms with Crippen molar-refractivity contribution in [1.29, 1.82) is 0 Å². The molecule has 0 unspecified atom stereocenters. The number of hydrogen-bond acceptors (Lipinski definition) is 2.